The molecule has 0 aliphatic rings. The molecule has 0 unspecified atom stereocenters. The molecule has 1 N–H and O–H groups in total. The Labute approximate surface area is 158 Å². The first-order valence-electron chi connectivity index (χ1n) is 5.96. The van der Waals surface area contributed by atoms with Gasteiger partial charge < -0.3 is 9.47 Å². The van der Waals surface area contributed by atoms with Crippen LogP contribution in [0.1, 0.15) is 0 Å². The Morgan fingerprint density at radius 1 is 1.21 bits per heavy atom. The Kier molecular flexibility index (Phi) is 10.4. The van der Waals surface area contributed by atoms with Crippen LogP contribution in [0, 0.1) is 0 Å². The second-order valence-electron chi connectivity index (χ2n) is 4.14. The minimum atomic E-state index is -4.16. The molecule has 0 aliphatic heterocycles. The van der Waals surface area contributed by atoms with Crippen molar-refractivity contribution in [1.29, 1.82) is 0 Å². The van der Waals surface area contributed by atoms with E-state index in [0.717, 1.165) is 7.11 Å². The summed E-state index contributed by atoms with van der Waals surface area (Å²) in [6.45, 7) is -0.359. The van der Waals surface area contributed by atoms with Crippen molar-refractivity contribution in [1.82, 2.24) is 0 Å². The Morgan fingerprint density at radius 2 is 1.67 bits per heavy atom. The molecule has 1 rings (SSSR count). The molecule has 0 saturated heterocycles. The number of ether oxygens (including phenoxy) is 2. The van der Waals surface area contributed by atoms with Gasteiger partial charge in [0.1, 0.15) is 24.9 Å². The number of alkyl halides is 3. The van der Waals surface area contributed by atoms with E-state index in [9.17, 15) is 13.2 Å². The molecule has 1 aromatic carbocycles. The van der Waals surface area contributed by atoms with Crippen LogP contribution in [0.2, 0.25) is 0 Å². The Bertz CT molecular complexity index is 613. The predicted molar refractivity (Wildman–Crippen MR) is 94.7 cm³/mol. The molecule has 0 atom stereocenters. The number of rotatable bonds is 4. The van der Waals surface area contributed by atoms with Crippen LogP contribution < -0.4 is 4.74 Å². The molecule has 138 valence electrons. The van der Waals surface area contributed by atoms with Crippen molar-refractivity contribution in [2.24, 2.45) is 0 Å². The highest BCUT2D eigenvalue weighted by Crippen LogP contribution is 2.26. The van der Waals surface area contributed by atoms with Crippen molar-refractivity contribution >= 4 is 62.3 Å². The minimum Gasteiger partial charge on any atom is -0.429 e. The topological polar surface area (TPSA) is 99.1 Å². The summed E-state index contributed by atoms with van der Waals surface area (Å²) >= 11 is 16.3. The average Bonchev–Trinajstić information content (AvgIpc) is 2.45. The molecule has 24 heavy (non-hydrogen) atoms. The van der Waals surface area contributed by atoms with Gasteiger partial charge in [-0.3, -0.25) is 8.74 Å². The van der Waals surface area contributed by atoms with Gasteiger partial charge in [0.25, 0.3) is 0 Å². The molecule has 0 saturated carbocycles. The molecule has 1 aromatic rings. The van der Waals surface area contributed by atoms with Crippen molar-refractivity contribution < 1.29 is 31.4 Å². The maximum absolute atomic E-state index is 11.3. The van der Waals surface area contributed by atoms with Gasteiger partial charge in [-0.1, -0.05) is 34.8 Å². The van der Waals surface area contributed by atoms with Crippen molar-refractivity contribution in [2.75, 3.05) is 26.2 Å². The lowest BCUT2D eigenvalue weighted by atomic mass is 10.3. The molecule has 0 fully saturated rings. The summed E-state index contributed by atoms with van der Waals surface area (Å²) in [6, 6.07) is 7.17. The molecule has 12 heteroatoms. The fourth-order valence-electron chi connectivity index (χ4n) is 1.05. The minimum absolute atomic E-state index is 0.161. The van der Waals surface area contributed by atoms with E-state index < -0.39 is 20.3 Å². The summed E-state index contributed by atoms with van der Waals surface area (Å²) in [6.07, 6.45) is 3.30. The molecule has 0 amide bonds. The number of hydrogen-bond acceptors (Lipinski definition) is 6. The van der Waals surface area contributed by atoms with Gasteiger partial charge >= 0.3 is 16.6 Å². The Hall–Kier alpha value is -0.420. The largest absolute Gasteiger partial charge is 0.513 e. The van der Waals surface area contributed by atoms with E-state index in [4.69, 9.17) is 44.1 Å². The first-order valence-corrected chi connectivity index (χ1v) is 10.5. The van der Waals surface area contributed by atoms with E-state index in [0.29, 0.717) is 5.75 Å². The molecular weight excluding hydrogens is 427 g/mol. The Morgan fingerprint density at radius 3 is 2.00 bits per heavy atom. The summed E-state index contributed by atoms with van der Waals surface area (Å²) < 4.78 is 37.6. The molecular formula is C12H16Cl3O7S2+. The van der Waals surface area contributed by atoms with E-state index in [1.165, 1.54) is 4.90 Å². The van der Waals surface area contributed by atoms with Crippen molar-refractivity contribution in [2.45, 2.75) is 8.69 Å². The lowest BCUT2D eigenvalue weighted by Gasteiger charge is -2.11. The van der Waals surface area contributed by atoms with Gasteiger partial charge in [-0.15, -0.1) is 0 Å². The zero-order valence-electron chi connectivity index (χ0n) is 12.9. The number of hydrogen-bond donors (Lipinski definition) is 1. The van der Waals surface area contributed by atoms with Gasteiger partial charge in [0.15, 0.2) is 4.90 Å². The molecule has 0 heterocycles. The third-order valence-corrected chi connectivity index (χ3v) is 4.02. The van der Waals surface area contributed by atoms with Crippen molar-refractivity contribution in [3.63, 3.8) is 0 Å². The third kappa shape index (κ3) is 12.9. The highest BCUT2D eigenvalue weighted by Gasteiger charge is 2.23. The number of carbonyl (C=O) groups excluding carboxylic acids is 1. The van der Waals surface area contributed by atoms with Crippen LogP contribution in [0.5, 0.6) is 5.75 Å². The van der Waals surface area contributed by atoms with Crippen molar-refractivity contribution in [3.05, 3.63) is 24.3 Å². The fourth-order valence-corrected chi connectivity index (χ4v) is 1.89. The zero-order valence-corrected chi connectivity index (χ0v) is 16.8. The summed E-state index contributed by atoms with van der Waals surface area (Å²) in [5, 5.41) is 0. The van der Waals surface area contributed by atoms with Gasteiger partial charge in [-0.05, 0) is 24.3 Å². The molecule has 0 bridgehead atoms. The Balaban J connectivity index is 0.000000754. The number of halogens is 3. The van der Waals surface area contributed by atoms with Gasteiger partial charge in [-0.2, -0.15) is 8.42 Å². The summed E-state index contributed by atoms with van der Waals surface area (Å²) in [5.41, 5.74) is 0. The molecule has 0 aromatic heterocycles. The quantitative estimate of drug-likeness (QED) is 0.251. The highest BCUT2D eigenvalue weighted by molar-refractivity contribution is 7.95. The van der Waals surface area contributed by atoms with Crippen LogP contribution in [-0.4, -0.2) is 49.1 Å². The van der Waals surface area contributed by atoms with Gasteiger partial charge in [0.2, 0.25) is 3.79 Å². The predicted octanol–water partition coefficient (Wildman–Crippen LogP) is 3.24. The second kappa shape index (κ2) is 10.5. The highest BCUT2D eigenvalue weighted by atomic mass is 35.6. The summed E-state index contributed by atoms with van der Waals surface area (Å²) in [5.74, 6) is 0.388. The van der Waals surface area contributed by atoms with E-state index in [2.05, 4.69) is 21.4 Å². The fraction of sp³-hybridized carbons (Fsp3) is 0.417. The smallest absolute Gasteiger partial charge is 0.429 e. The van der Waals surface area contributed by atoms with Crippen LogP contribution in [0.15, 0.2) is 29.2 Å². The molecule has 0 radical (unpaired) electrons. The van der Waals surface area contributed by atoms with Crippen LogP contribution in [0.3, 0.4) is 0 Å². The molecule has 0 aliphatic carbocycles. The van der Waals surface area contributed by atoms with Gasteiger partial charge in [-0.25, -0.2) is 4.79 Å². The number of carbonyl (C=O) groups is 1. The van der Waals surface area contributed by atoms with E-state index in [-0.39, 0.29) is 17.5 Å². The van der Waals surface area contributed by atoms with Crippen LogP contribution in [0.25, 0.3) is 0 Å². The maximum Gasteiger partial charge on any atom is 0.513 e. The second-order valence-corrected chi connectivity index (χ2v) is 9.95. The van der Waals surface area contributed by atoms with E-state index in [1.54, 1.807) is 12.1 Å². The van der Waals surface area contributed by atoms with Crippen LogP contribution in [-0.2, 0) is 30.2 Å². The van der Waals surface area contributed by atoms with Gasteiger partial charge in [0, 0.05) is 10.9 Å². The maximum atomic E-state index is 11.3. The molecule has 0 spiro atoms. The summed E-state index contributed by atoms with van der Waals surface area (Å²) in [4.78, 5) is 12.4. The first-order chi connectivity index (χ1) is 10.8. The van der Waals surface area contributed by atoms with E-state index >= 15 is 0 Å². The summed E-state index contributed by atoms with van der Waals surface area (Å²) in [7, 11) is -3.13. The van der Waals surface area contributed by atoms with Crippen LogP contribution in [0.4, 0.5) is 4.79 Å². The number of benzene rings is 1. The monoisotopic (exact) mass is 441 g/mol. The normalized spacial score (nSPS) is 11.5. The first kappa shape index (κ1) is 23.6. The average molecular weight is 443 g/mol. The SMILES string of the molecule is COS(=O)(=O)O.C[S+](C)c1ccc(OC(=O)OCC(Cl)(Cl)Cl)cc1. The molecule has 7 nitrogen and oxygen atoms in total. The van der Waals surface area contributed by atoms with Crippen molar-refractivity contribution in [3.8, 4) is 5.75 Å². The standard InChI is InChI=1S/C11H12Cl3O3S.CH4O4S/c1-18(2)9-5-3-8(4-6-9)17-10(15)16-7-11(12,13)14;1-5-6(2,3)4/h3-6H,7H2,1-2H3;1H3,(H,2,3,4)/q+1;. The van der Waals surface area contributed by atoms with Crippen LogP contribution >= 0.6 is 34.8 Å². The lowest BCUT2D eigenvalue weighted by molar-refractivity contribution is 0.101. The van der Waals surface area contributed by atoms with E-state index in [1.807, 2.05) is 12.1 Å². The van der Waals surface area contributed by atoms with Gasteiger partial charge in [0.05, 0.1) is 7.11 Å². The lowest BCUT2D eigenvalue weighted by Crippen LogP contribution is -2.19. The zero-order chi connectivity index (χ0) is 19.0. The third-order valence-electron chi connectivity index (χ3n) is 2.06.